The SMILES string of the molecule is CC(C)CCCC(C)[C@H]1CC[C@H]2[C@@H]3CC[C@H]4C[C@@H](CCC=C(c5cc(Cl)c(OC(=O)C(C)(C)C)c(C(=O)O)c5)c5cc(Cl)c(OC(=O)C(C)(C)C)c(C(=O)O)c5)CC[C@]4(C)[C@H]3CC[C@]12C. The minimum Gasteiger partial charge on any atom is -0.478 e. The summed E-state index contributed by atoms with van der Waals surface area (Å²) in [6.45, 7) is 22.5. The van der Waals surface area contributed by atoms with Crippen LogP contribution in [-0.4, -0.2) is 34.1 Å². The van der Waals surface area contributed by atoms with Crippen molar-refractivity contribution in [2.24, 2.45) is 69.0 Å². The monoisotopic (exact) mass is 934 g/mol. The second kappa shape index (κ2) is 19.7. The predicted octanol–water partition coefficient (Wildman–Crippen LogP) is 15.2. The molecule has 0 aliphatic heterocycles. The third kappa shape index (κ3) is 10.8. The van der Waals surface area contributed by atoms with Gasteiger partial charge in [0, 0.05) is 0 Å². The maximum Gasteiger partial charge on any atom is 0.339 e. The Morgan fingerprint density at radius 3 is 1.75 bits per heavy atom. The number of halogens is 2. The first-order chi connectivity index (χ1) is 30.3. The Morgan fingerprint density at radius 1 is 0.723 bits per heavy atom. The van der Waals surface area contributed by atoms with Crippen LogP contribution in [0.5, 0.6) is 11.5 Å². The average molecular weight is 936 g/mol. The lowest BCUT2D eigenvalue weighted by Gasteiger charge is -2.61. The summed E-state index contributed by atoms with van der Waals surface area (Å²) in [5, 5.41) is 20.6. The number of fused-ring (bicyclic) bond motifs is 5. The fraction of sp³-hybridized carbons (Fsp3) is 0.673. The van der Waals surface area contributed by atoms with Crippen LogP contribution < -0.4 is 9.47 Å². The number of esters is 2. The van der Waals surface area contributed by atoms with Gasteiger partial charge in [-0.2, -0.15) is 0 Å². The molecule has 8 nitrogen and oxygen atoms in total. The van der Waals surface area contributed by atoms with E-state index >= 15 is 0 Å². The van der Waals surface area contributed by atoms with Crippen LogP contribution in [0.1, 0.15) is 198 Å². The summed E-state index contributed by atoms with van der Waals surface area (Å²) in [5.74, 6) is 1.59. The zero-order valence-electron chi connectivity index (χ0n) is 41.0. The molecular weight excluding hydrogens is 860 g/mol. The molecular formula is C55H76Cl2O8. The molecule has 9 atom stereocenters. The highest BCUT2D eigenvalue weighted by molar-refractivity contribution is 6.33. The van der Waals surface area contributed by atoms with E-state index in [-0.39, 0.29) is 32.7 Å². The van der Waals surface area contributed by atoms with Crippen molar-refractivity contribution < 1.29 is 38.9 Å². The molecule has 0 saturated heterocycles. The quantitative estimate of drug-likeness (QED) is 0.142. The van der Waals surface area contributed by atoms with Crippen molar-refractivity contribution in [1.29, 1.82) is 0 Å². The van der Waals surface area contributed by atoms with Crippen molar-refractivity contribution in [2.45, 2.75) is 166 Å². The van der Waals surface area contributed by atoms with Crippen molar-refractivity contribution in [3.05, 3.63) is 62.6 Å². The molecule has 0 amide bonds. The highest BCUT2D eigenvalue weighted by atomic mass is 35.5. The van der Waals surface area contributed by atoms with Gasteiger partial charge in [0.1, 0.15) is 11.1 Å². The second-order valence-electron chi connectivity index (χ2n) is 23.6. The molecule has 0 aromatic heterocycles. The molecule has 2 N–H and O–H groups in total. The number of carboxylic acid groups (broad SMARTS) is 2. The van der Waals surface area contributed by atoms with E-state index in [9.17, 15) is 29.4 Å². The first-order valence-corrected chi connectivity index (χ1v) is 25.3. The van der Waals surface area contributed by atoms with Crippen LogP contribution in [0, 0.1) is 69.0 Å². The molecule has 0 heterocycles. The first-order valence-electron chi connectivity index (χ1n) is 24.5. The Balaban J connectivity index is 1.25. The highest BCUT2D eigenvalue weighted by Gasteiger charge is 2.60. The number of hydrogen-bond donors (Lipinski definition) is 2. The van der Waals surface area contributed by atoms with Gasteiger partial charge in [0.05, 0.1) is 20.9 Å². The normalized spacial score (nSPS) is 28.1. The van der Waals surface area contributed by atoms with Crippen LogP contribution in [0.2, 0.25) is 10.0 Å². The maximum atomic E-state index is 12.9. The topological polar surface area (TPSA) is 127 Å². The van der Waals surface area contributed by atoms with Gasteiger partial charge in [0.15, 0.2) is 11.5 Å². The molecule has 10 heteroatoms. The van der Waals surface area contributed by atoms with Crippen molar-refractivity contribution in [1.82, 2.24) is 0 Å². The maximum absolute atomic E-state index is 12.9. The van der Waals surface area contributed by atoms with E-state index in [1.54, 1.807) is 41.5 Å². The summed E-state index contributed by atoms with van der Waals surface area (Å²) in [6, 6.07) is 5.86. The minimum atomic E-state index is -1.35. The van der Waals surface area contributed by atoms with Gasteiger partial charge in [0.2, 0.25) is 0 Å². The molecule has 4 aliphatic carbocycles. The largest absolute Gasteiger partial charge is 0.478 e. The van der Waals surface area contributed by atoms with Crippen LogP contribution in [0.3, 0.4) is 0 Å². The number of carbonyl (C=O) groups excluding carboxylic acids is 2. The lowest BCUT2D eigenvalue weighted by molar-refractivity contribution is -0.143. The van der Waals surface area contributed by atoms with Gasteiger partial charge in [-0.3, -0.25) is 9.59 Å². The Labute approximate surface area is 399 Å². The molecule has 1 unspecified atom stereocenters. The molecule has 6 rings (SSSR count). The van der Waals surface area contributed by atoms with E-state index in [0.29, 0.717) is 45.8 Å². The Bertz CT molecular complexity index is 2060. The van der Waals surface area contributed by atoms with Gasteiger partial charge in [-0.05, 0) is 211 Å². The third-order valence-electron chi connectivity index (χ3n) is 16.7. The highest BCUT2D eigenvalue weighted by Crippen LogP contribution is 2.69. The Morgan fingerprint density at radius 2 is 1.25 bits per heavy atom. The van der Waals surface area contributed by atoms with Crippen molar-refractivity contribution in [3.8, 4) is 11.5 Å². The predicted molar refractivity (Wildman–Crippen MR) is 260 cm³/mol. The fourth-order valence-electron chi connectivity index (χ4n) is 13.0. The van der Waals surface area contributed by atoms with Crippen LogP contribution in [0.4, 0.5) is 0 Å². The molecule has 2 aromatic carbocycles. The molecule has 0 bridgehead atoms. The average Bonchev–Trinajstić information content (AvgIpc) is 3.57. The van der Waals surface area contributed by atoms with Crippen LogP contribution in [0.25, 0.3) is 5.57 Å². The van der Waals surface area contributed by atoms with Gasteiger partial charge >= 0.3 is 23.9 Å². The number of hydrogen-bond acceptors (Lipinski definition) is 6. The van der Waals surface area contributed by atoms with Crippen LogP contribution in [-0.2, 0) is 9.59 Å². The molecule has 4 aliphatic rings. The number of aromatic carboxylic acids is 2. The summed E-state index contributed by atoms with van der Waals surface area (Å²) in [6.07, 6.45) is 19.4. The molecule has 0 spiro atoms. The van der Waals surface area contributed by atoms with E-state index in [2.05, 4.69) is 34.6 Å². The van der Waals surface area contributed by atoms with E-state index in [4.69, 9.17) is 32.7 Å². The fourth-order valence-corrected chi connectivity index (χ4v) is 13.5. The van der Waals surface area contributed by atoms with Crippen molar-refractivity contribution in [3.63, 3.8) is 0 Å². The Kier molecular flexibility index (Phi) is 15.5. The van der Waals surface area contributed by atoms with Gasteiger partial charge in [-0.1, -0.05) is 83.2 Å². The standard InChI is InChI=1S/C55H76Cl2O8/c1-31(2)14-12-15-32(3)41-20-21-42-38-19-18-36-26-33(22-24-54(36,10)43(38)23-25-55(41,42)11)16-13-17-37(34-27-39(48(58)59)46(44(56)29-34)64-50(62)52(4,5)6)35-28-40(49(60)61)47(45(57)30-35)65-51(63)53(7,8)9/h17,27-33,36,38,41-43H,12-16,18-26H2,1-11H3,(H,58,59)(H,60,61)/t32?,33-,36-,38-,41+,42-,43-,54-,55+/m0/s1. The van der Waals surface area contributed by atoms with Gasteiger partial charge in [-0.25, -0.2) is 9.59 Å². The van der Waals surface area contributed by atoms with Crippen LogP contribution in [0.15, 0.2) is 30.3 Å². The lowest BCUT2D eigenvalue weighted by atomic mass is 9.44. The molecule has 2 aromatic rings. The van der Waals surface area contributed by atoms with Crippen molar-refractivity contribution in [2.75, 3.05) is 0 Å². The molecule has 358 valence electrons. The van der Waals surface area contributed by atoms with E-state index in [1.807, 2.05) is 6.08 Å². The third-order valence-corrected chi connectivity index (χ3v) is 17.2. The number of allylic oxidation sites excluding steroid dienone is 1. The summed E-state index contributed by atoms with van der Waals surface area (Å²) >= 11 is 13.5. The summed E-state index contributed by atoms with van der Waals surface area (Å²) < 4.78 is 11.2. The van der Waals surface area contributed by atoms with E-state index < -0.39 is 34.7 Å². The number of benzene rings is 2. The van der Waals surface area contributed by atoms with Gasteiger partial charge in [0.25, 0.3) is 0 Å². The zero-order valence-corrected chi connectivity index (χ0v) is 42.5. The summed E-state index contributed by atoms with van der Waals surface area (Å²) in [5.41, 5.74) is -0.379. The lowest BCUT2D eigenvalue weighted by Crippen LogP contribution is -2.53. The van der Waals surface area contributed by atoms with Crippen molar-refractivity contribution >= 4 is 52.7 Å². The molecule has 4 fully saturated rings. The molecule has 65 heavy (non-hydrogen) atoms. The summed E-state index contributed by atoms with van der Waals surface area (Å²) in [7, 11) is 0. The smallest absolute Gasteiger partial charge is 0.339 e. The first kappa shape index (κ1) is 51.0. The molecule has 4 saturated carbocycles. The second-order valence-corrected chi connectivity index (χ2v) is 24.4. The zero-order chi connectivity index (χ0) is 48.0. The Hall–Kier alpha value is -3.36. The number of rotatable bonds is 14. The van der Waals surface area contributed by atoms with Gasteiger partial charge < -0.3 is 19.7 Å². The molecule has 0 radical (unpaired) electrons. The number of ether oxygens (including phenoxy) is 2. The van der Waals surface area contributed by atoms with E-state index in [0.717, 1.165) is 48.3 Å². The van der Waals surface area contributed by atoms with Crippen LogP contribution >= 0.6 is 23.2 Å². The number of carbonyl (C=O) groups is 4. The number of carboxylic acids is 2. The summed E-state index contributed by atoms with van der Waals surface area (Å²) in [4.78, 5) is 51.3. The minimum absolute atomic E-state index is 0.0850. The van der Waals surface area contributed by atoms with Gasteiger partial charge in [-0.15, -0.1) is 0 Å². The van der Waals surface area contributed by atoms with E-state index in [1.165, 1.54) is 94.9 Å².